The Labute approximate surface area is 104 Å². The Morgan fingerprint density at radius 3 is 2.65 bits per heavy atom. The minimum absolute atomic E-state index is 0.0966. The lowest BCUT2D eigenvalue weighted by atomic mass is 10.0. The van der Waals surface area contributed by atoms with Crippen molar-refractivity contribution in [1.82, 2.24) is 10.0 Å². The Kier molecular flexibility index (Phi) is 4.59. The van der Waals surface area contributed by atoms with Crippen LogP contribution in [0.4, 0.5) is 0 Å². The topological polar surface area (TPSA) is 58.2 Å². The highest BCUT2D eigenvalue weighted by molar-refractivity contribution is 7.89. The van der Waals surface area contributed by atoms with Crippen LogP contribution in [0.3, 0.4) is 0 Å². The Hall–Kier alpha value is -0.390. The fraction of sp³-hybridized carbons (Fsp3) is 0.833. The lowest BCUT2D eigenvalue weighted by Gasteiger charge is -2.23. The van der Waals surface area contributed by atoms with Gasteiger partial charge in [-0.15, -0.1) is 0 Å². The van der Waals surface area contributed by atoms with Crippen molar-refractivity contribution in [2.24, 2.45) is 0 Å². The first-order valence-electron chi connectivity index (χ1n) is 6.54. The molecular weight excluding hydrogens is 236 g/mol. The Balaban J connectivity index is 1.72. The second kappa shape index (κ2) is 5.98. The van der Waals surface area contributed by atoms with Gasteiger partial charge in [-0.05, 0) is 38.6 Å². The van der Waals surface area contributed by atoms with Gasteiger partial charge in [-0.25, -0.2) is 13.1 Å². The summed E-state index contributed by atoms with van der Waals surface area (Å²) in [4.78, 5) is 0. The molecule has 1 fully saturated rings. The van der Waals surface area contributed by atoms with Crippen LogP contribution in [0.25, 0.3) is 0 Å². The summed E-state index contributed by atoms with van der Waals surface area (Å²) >= 11 is 0. The average molecular weight is 258 g/mol. The van der Waals surface area contributed by atoms with Gasteiger partial charge >= 0.3 is 0 Å². The second-order valence-corrected chi connectivity index (χ2v) is 6.89. The summed E-state index contributed by atoms with van der Waals surface area (Å²) in [6.45, 7) is 1.03. The van der Waals surface area contributed by atoms with Crippen LogP contribution in [0.1, 0.15) is 38.5 Å². The van der Waals surface area contributed by atoms with Crippen molar-refractivity contribution in [2.75, 3.05) is 12.3 Å². The molecule has 0 bridgehead atoms. The lowest BCUT2D eigenvalue weighted by Crippen LogP contribution is -2.39. The molecule has 1 aliphatic carbocycles. The molecule has 2 rings (SSSR count). The van der Waals surface area contributed by atoms with E-state index in [-0.39, 0.29) is 11.8 Å². The molecule has 17 heavy (non-hydrogen) atoms. The van der Waals surface area contributed by atoms with Crippen molar-refractivity contribution in [3.63, 3.8) is 0 Å². The molecule has 0 aromatic heterocycles. The van der Waals surface area contributed by atoms with Crippen molar-refractivity contribution < 1.29 is 8.42 Å². The maximum absolute atomic E-state index is 11.9. The molecule has 1 heterocycles. The van der Waals surface area contributed by atoms with Gasteiger partial charge < -0.3 is 5.32 Å². The van der Waals surface area contributed by atoms with E-state index >= 15 is 0 Å². The van der Waals surface area contributed by atoms with Crippen LogP contribution < -0.4 is 10.0 Å². The number of hydrogen-bond donors (Lipinski definition) is 2. The minimum atomic E-state index is -3.09. The molecule has 5 heteroatoms. The molecule has 1 saturated heterocycles. The van der Waals surface area contributed by atoms with Crippen LogP contribution in [0, 0.1) is 0 Å². The van der Waals surface area contributed by atoms with Gasteiger partial charge in [0.15, 0.2) is 0 Å². The molecule has 2 N–H and O–H groups in total. The van der Waals surface area contributed by atoms with E-state index in [1.165, 1.54) is 12.8 Å². The van der Waals surface area contributed by atoms with Crippen molar-refractivity contribution in [3.05, 3.63) is 12.2 Å². The average Bonchev–Trinajstić information content (AvgIpc) is 2.80. The predicted molar refractivity (Wildman–Crippen MR) is 69.3 cm³/mol. The van der Waals surface area contributed by atoms with Gasteiger partial charge in [0.1, 0.15) is 0 Å². The second-order valence-electron chi connectivity index (χ2n) is 5.01. The quantitative estimate of drug-likeness (QED) is 0.728. The molecule has 0 aromatic rings. The highest BCUT2D eigenvalue weighted by atomic mass is 32.2. The third-order valence-electron chi connectivity index (χ3n) is 3.50. The summed E-state index contributed by atoms with van der Waals surface area (Å²) in [5.41, 5.74) is 0. The first-order valence-corrected chi connectivity index (χ1v) is 8.19. The number of hydrogen-bond acceptors (Lipinski definition) is 3. The molecule has 0 spiro atoms. The molecular formula is C12H22N2O2S. The standard InChI is InChI=1S/C12H22N2O2S/c15-17(16,14-12-6-1-2-7-12)10-8-11-5-3-4-9-13-11/h1-2,11-14H,3-10H2. The normalized spacial score (nSPS) is 26.5. The number of piperidine rings is 1. The zero-order valence-electron chi connectivity index (χ0n) is 10.2. The number of rotatable bonds is 5. The fourth-order valence-corrected chi connectivity index (χ4v) is 3.91. The lowest BCUT2D eigenvalue weighted by molar-refractivity contribution is 0.392. The van der Waals surface area contributed by atoms with E-state index in [2.05, 4.69) is 10.0 Å². The number of nitrogens with one attached hydrogen (secondary N) is 2. The third kappa shape index (κ3) is 4.41. The van der Waals surface area contributed by atoms with Crippen molar-refractivity contribution in [3.8, 4) is 0 Å². The molecule has 0 aromatic carbocycles. The van der Waals surface area contributed by atoms with Gasteiger partial charge in [-0.3, -0.25) is 0 Å². The van der Waals surface area contributed by atoms with E-state index in [1.54, 1.807) is 0 Å². The summed E-state index contributed by atoms with van der Waals surface area (Å²) in [6, 6.07) is 0.487. The Bertz CT molecular complexity index is 351. The van der Waals surface area contributed by atoms with Gasteiger partial charge in [0.05, 0.1) is 5.75 Å². The van der Waals surface area contributed by atoms with Crippen molar-refractivity contribution in [1.29, 1.82) is 0 Å². The maximum atomic E-state index is 11.9. The Morgan fingerprint density at radius 2 is 2.00 bits per heavy atom. The molecule has 0 amide bonds. The first kappa shape index (κ1) is 13.1. The van der Waals surface area contributed by atoms with Crippen LogP contribution in [0.5, 0.6) is 0 Å². The van der Waals surface area contributed by atoms with Crippen LogP contribution in [-0.4, -0.2) is 32.8 Å². The highest BCUT2D eigenvalue weighted by Crippen LogP contribution is 2.13. The van der Waals surface area contributed by atoms with E-state index in [1.807, 2.05) is 12.2 Å². The molecule has 1 aliphatic heterocycles. The number of sulfonamides is 1. The molecule has 0 radical (unpaired) electrons. The van der Waals surface area contributed by atoms with Gasteiger partial charge in [-0.1, -0.05) is 18.6 Å². The zero-order valence-corrected chi connectivity index (χ0v) is 11.0. The molecule has 1 atom stereocenters. The minimum Gasteiger partial charge on any atom is -0.314 e. The maximum Gasteiger partial charge on any atom is 0.211 e. The molecule has 0 saturated carbocycles. The summed E-state index contributed by atoms with van der Waals surface area (Å²) in [5, 5.41) is 3.38. The highest BCUT2D eigenvalue weighted by Gasteiger charge is 2.21. The van der Waals surface area contributed by atoms with E-state index in [0.29, 0.717) is 6.04 Å². The summed E-state index contributed by atoms with van der Waals surface area (Å²) < 4.78 is 26.5. The Morgan fingerprint density at radius 1 is 1.24 bits per heavy atom. The van der Waals surface area contributed by atoms with Crippen LogP contribution in [0.15, 0.2) is 12.2 Å². The summed E-state index contributed by atoms with van der Waals surface area (Å²) in [6.07, 6.45) is 10.0. The predicted octanol–water partition coefficient (Wildman–Crippen LogP) is 1.16. The summed E-state index contributed by atoms with van der Waals surface area (Å²) in [7, 11) is -3.09. The van der Waals surface area contributed by atoms with Gasteiger partial charge in [0, 0.05) is 12.1 Å². The SMILES string of the molecule is O=S(=O)(CCC1CCCCN1)NC1CC=CC1. The smallest absolute Gasteiger partial charge is 0.211 e. The molecule has 2 aliphatic rings. The van der Waals surface area contributed by atoms with Gasteiger partial charge in [0.25, 0.3) is 0 Å². The van der Waals surface area contributed by atoms with E-state index in [9.17, 15) is 8.42 Å². The van der Waals surface area contributed by atoms with Gasteiger partial charge in [0.2, 0.25) is 10.0 Å². The van der Waals surface area contributed by atoms with Gasteiger partial charge in [-0.2, -0.15) is 0 Å². The third-order valence-corrected chi connectivity index (χ3v) is 4.97. The van der Waals surface area contributed by atoms with E-state index in [4.69, 9.17) is 0 Å². The zero-order chi connectivity index (χ0) is 12.1. The van der Waals surface area contributed by atoms with E-state index < -0.39 is 10.0 Å². The van der Waals surface area contributed by atoms with E-state index in [0.717, 1.165) is 32.2 Å². The molecule has 98 valence electrons. The van der Waals surface area contributed by atoms with Crippen LogP contribution in [-0.2, 0) is 10.0 Å². The van der Waals surface area contributed by atoms with Crippen LogP contribution in [0.2, 0.25) is 0 Å². The first-order chi connectivity index (χ1) is 8.16. The van der Waals surface area contributed by atoms with Crippen molar-refractivity contribution in [2.45, 2.75) is 50.6 Å². The van der Waals surface area contributed by atoms with Crippen LogP contribution >= 0.6 is 0 Å². The molecule has 1 unspecified atom stereocenters. The fourth-order valence-electron chi connectivity index (χ4n) is 2.49. The largest absolute Gasteiger partial charge is 0.314 e. The summed E-state index contributed by atoms with van der Waals surface area (Å²) in [5.74, 6) is 0.251. The van der Waals surface area contributed by atoms with Crippen molar-refractivity contribution >= 4 is 10.0 Å². The monoisotopic (exact) mass is 258 g/mol. The molecule has 4 nitrogen and oxygen atoms in total.